The van der Waals surface area contributed by atoms with Gasteiger partial charge in [0.05, 0.1) is 34.4 Å². The molecule has 0 aromatic heterocycles. The van der Waals surface area contributed by atoms with Crippen molar-refractivity contribution in [3.8, 4) is 0 Å². The van der Waals surface area contributed by atoms with Gasteiger partial charge >= 0.3 is 5.97 Å². The highest BCUT2D eigenvalue weighted by molar-refractivity contribution is 7.45. The monoisotopic (exact) mass is 850 g/mol. The molecule has 59 heavy (non-hydrogen) atoms. The third-order valence-corrected chi connectivity index (χ3v) is 11.0. The van der Waals surface area contributed by atoms with Gasteiger partial charge in [0.15, 0.2) is 0 Å². The minimum atomic E-state index is -4.53. The predicted octanol–water partition coefficient (Wildman–Crippen LogP) is 13.9. The normalized spacial score (nSPS) is 14.2. The van der Waals surface area contributed by atoms with Crippen LogP contribution in [0.1, 0.15) is 194 Å². The Balaban J connectivity index is 4.20. The van der Waals surface area contributed by atoms with E-state index in [0.717, 1.165) is 64.2 Å². The molecule has 0 rings (SSSR count). The second kappa shape index (κ2) is 42.9. The number of hydrogen-bond acceptors (Lipinski definition) is 7. The van der Waals surface area contributed by atoms with Crippen LogP contribution < -0.4 is 4.89 Å². The molecule has 0 aliphatic carbocycles. The highest BCUT2D eigenvalue weighted by Crippen LogP contribution is 2.38. The largest absolute Gasteiger partial charge is 0.756 e. The van der Waals surface area contributed by atoms with Gasteiger partial charge in [-0.1, -0.05) is 171 Å². The van der Waals surface area contributed by atoms with Gasteiger partial charge in [-0.2, -0.15) is 0 Å². The van der Waals surface area contributed by atoms with E-state index in [9.17, 15) is 14.3 Å². The van der Waals surface area contributed by atoms with Gasteiger partial charge in [-0.25, -0.2) is 0 Å². The van der Waals surface area contributed by atoms with E-state index in [1.165, 1.54) is 109 Å². The van der Waals surface area contributed by atoms with Crippen LogP contribution in [0, 0.1) is 0 Å². The summed E-state index contributed by atoms with van der Waals surface area (Å²) in [6.45, 7) is 5.26. The van der Waals surface area contributed by atoms with E-state index >= 15 is 0 Å². The topological polar surface area (TPSA) is 94.1 Å². The van der Waals surface area contributed by atoms with Crippen LogP contribution >= 0.6 is 7.82 Å². The zero-order valence-corrected chi connectivity index (χ0v) is 39.8. The van der Waals surface area contributed by atoms with E-state index in [2.05, 4.69) is 74.6 Å². The van der Waals surface area contributed by atoms with Gasteiger partial charge in [0, 0.05) is 13.0 Å². The van der Waals surface area contributed by atoms with Crippen LogP contribution in [0.15, 0.2) is 60.8 Å². The fourth-order valence-corrected chi connectivity index (χ4v) is 7.08. The number of phosphoric ester groups is 1. The van der Waals surface area contributed by atoms with Gasteiger partial charge in [-0.05, 0) is 77.0 Å². The van der Waals surface area contributed by atoms with Crippen molar-refractivity contribution in [2.45, 2.75) is 200 Å². The Morgan fingerprint density at radius 1 is 0.542 bits per heavy atom. The first kappa shape index (κ1) is 57.2. The molecule has 0 bridgehead atoms. The molecule has 344 valence electrons. The fourth-order valence-electron chi connectivity index (χ4n) is 6.36. The molecule has 0 saturated heterocycles. The van der Waals surface area contributed by atoms with Gasteiger partial charge < -0.3 is 27.9 Å². The maximum atomic E-state index is 12.7. The third kappa shape index (κ3) is 47.1. The lowest BCUT2D eigenvalue weighted by molar-refractivity contribution is -0.870. The molecule has 0 fully saturated rings. The Morgan fingerprint density at radius 2 is 0.983 bits per heavy atom. The first-order chi connectivity index (χ1) is 28.6. The number of quaternary nitrogens is 1. The molecular formula is C50H92NO7P. The number of hydrogen-bond donors (Lipinski definition) is 0. The summed E-state index contributed by atoms with van der Waals surface area (Å²) in [5.41, 5.74) is 0. The minimum absolute atomic E-state index is 0.0211. The minimum Gasteiger partial charge on any atom is -0.756 e. The van der Waals surface area contributed by atoms with Gasteiger partial charge in [0.1, 0.15) is 19.3 Å². The van der Waals surface area contributed by atoms with Crippen LogP contribution in [-0.4, -0.2) is 70.7 Å². The van der Waals surface area contributed by atoms with Gasteiger partial charge in [0.25, 0.3) is 7.82 Å². The lowest BCUT2D eigenvalue weighted by atomic mass is 10.1. The fraction of sp³-hybridized carbons (Fsp3) is 0.780. The number of allylic oxidation sites excluding steroid dienone is 10. The molecular weight excluding hydrogens is 758 g/mol. The zero-order valence-electron chi connectivity index (χ0n) is 38.9. The molecule has 9 heteroatoms. The number of phosphoric acid groups is 1. The standard InChI is InChI=1S/C50H92NO7P/c1-6-8-10-12-14-16-18-20-22-24-25-26-28-30-32-34-36-38-40-42-45-55-47-49(48-57-59(53,54)56-46-44-51(3,4)5)58-50(52)43-41-39-37-35-33-31-29-27-23-21-19-17-15-13-11-9-7-2/h9,11,14-17,20-23,49H,6-8,10,12-13,18-19,24-48H2,1-5H3/b11-9-,16-14-,17-15-,22-20-,23-21-. The summed E-state index contributed by atoms with van der Waals surface area (Å²) in [5.74, 6) is -0.346. The molecule has 0 aromatic carbocycles. The van der Waals surface area contributed by atoms with Crippen LogP contribution in [0.5, 0.6) is 0 Å². The van der Waals surface area contributed by atoms with Crippen molar-refractivity contribution in [2.24, 2.45) is 0 Å². The molecule has 0 saturated carbocycles. The summed E-state index contributed by atoms with van der Waals surface area (Å²) < 4.78 is 34.7. The Bertz CT molecular complexity index is 1130. The summed E-state index contributed by atoms with van der Waals surface area (Å²) in [6.07, 6.45) is 53.8. The number of ether oxygens (including phenoxy) is 2. The quantitative estimate of drug-likeness (QED) is 0.0198. The molecule has 0 heterocycles. The summed E-state index contributed by atoms with van der Waals surface area (Å²) in [5, 5.41) is 0. The van der Waals surface area contributed by atoms with Gasteiger partial charge in [-0.3, -0.25) is 9.36 Å². The molecule has 0 aliphatic rings. The van der Waals surface area contributed by atoms with E-state index in [-0.39, 0.29) is 25.8 Å². The molecule has 0 amide bonds. The average Bonchev–Trinajstić information content (AvgIpc) is 3.19. The highest BCUT2D eigenvalue weighted by Gasteiger charge is 2.20. The van der Waals surface area contributed by atoms with E-state index in [0.29, 0.717) is 24.1 Å². The number of carbonyl (C=O) groups excluding carboxylic acids is 1. The van der Waals surface area contributed by atoms with Gasteiger partial charge in [-0.15, -0.1) is 0 Å². The zero-order chi connectivity index (χ0) is 43.4. The number of nitrogens with zero attached hydrogens (tertiary/aromatic N) is 1. The first-order valence-electron chi connectivity index (χ1n) is 24.0. The smallest absolute Gasteiger partial charge is 0.306 e. The molecule has 2 atom stereocenters. The second-order valence-electron chi connectivity index (χ2n) is 17.1. The van der Waals surface area contributed by atoms with Crippen molar-refractivity contribution >= 4 is 13.8 Å². The van der Waals surface area contributed by atoms with E-state index in [1.54, 1.807) is 0 Å². The summed E-state index contributed by atoms with van der Waals surface area (Å²) in [6, 6.07) is 0. The molecule has 0 spiro atoms. The Labute approximate surface area is 364 Å². The molecule has 0 aromatic rings. The average molecular weight is 850 g/mol. The third-order valence-electron chi connectivity index (χ3n) is 10.1. The van der Waals surface area contributed by atoms with E-state index in [1.807, 2.05) is 21.1 Å². The molecule has 0 radical (unpaired) electrons. The summed E-state index contributed by atoms with van der Waals surface area (Å²) >= 11 is 0. The summed E-state index contributed by atoms with van der Waals surface area (Å²) in [7, 11) is 1.34. The molecule has 8 nitrogen and oxygen atoms in total. The van der Waals surface area contributed by atoms with Crippen LogP contribution in [0.25, 0.3) is 0 Å². The lowest BCUT2D eigenvalue weighted by Crippen LogP contribution is -2.37. The SMILES string of the molecule is CC/C=C\C/C=C\C/C=C\CCCCCCCCCC(=O)OC(COCCCCCCCCCCCC/C=C\C/C=C\CCCCC)COP(=O)([O-])OCC[N+](C)(C)C. The van der Waals surface area contributed by atoms with Crippen LogP contribution in [-0.2, 0) is 27.9 Å². The lowest BCUT2D eigenvalue weighted by Gasteiger charge is -2.28. The van der Waals surface area contributed by atoms with Gasteiger partial charge in [0.2, 0.25) is 0 Å². The predicted molar refractivity (Wildman–Crippen MR) is 249 cm³/mol. The maximum absolute atomic E-state index is 12.7. The van der Waals surface area contributed by atoms with E-state index in [4.69, 9.17) is 18.5 Å². The van der Waals surface area contributed by atoms with Crippen LogP contribution in [0.3, 0.4) is 0 Å². The number of rotatable bonds is 44. The van der Waals surface area contributed by atoms with Crippen molar-refractivity contribution in [3.05, 3.63) is 60.8 Å². The number of esters is 1. The molecule has 2 unspecified atom stereocenters. The number of unbranched alkanes of at least 4 members (excludes halogenated alkanes) is 20. The second-order valence-corrected chi connectivity index (χ2v) is 18.5. The number of carbonyl (C=O) groups is 1. The first-order valence-corrected chi connectivity index (χ1v) is 25.5. The Hall–Kier alpha value is -1.80. The summed E-state index contributed by atoms with van der Waals surface area (Å²) in [4.78, 5) is 25.1. The van der Waals surface area contributed by atoms with Crippen molar-refractivity contribution in [1.29, 1.82) is 0 Å². The van der Waals surface area contributed by atoms with Crippen molar-refractivity contribution < 1.29 is 37.3 Å². The van der Waals surface area contributed by atoms with Crippen molar-refractivity contribution in [2.75, 3.05) is 54.1 Å². The molecule has 0 N–H and O–H groups in total. The molecule has 0 aliphatic heterocycles. The highest BCUT2D eigenvalue weighted by atomic mass is 31.2. The number of likely N-dealkylation sites (N-methyl/N-ethyl adjacent to an activating group) is 1. The van der Waals surface area contributed by atoms with Crippen LogP contribution in [0.2, 0.25) is 0 Å². The van der Waals surface area contributed by atoms with Crippen molar-refractivity contribution in [3.63, 3.8) is 0 Å². The Kier molecular flexibility index (Phi) is 41.6. The van der Waals surface area contributed by atoms with Crippen molar-refractivity contribution in [1.82, 2.24) is 0 Å². The Morgan fingerprint density at radius 3 is 1.47 bits per heavy atom. The maximum Gasteiger partial charge on any atom is 0.306 e. The van der Waals surface area contributed by atoms with Crippen LogP contribution in [0.4, 0.5) is 0 Å². The van der Waals surface area contributed by atoms with E-state index < -0.39 is 13.9 Å².